The minimum Gasteiger partial charge on any atom is -0.756 e. The summed E-state index contributed by atoms with van der Waals surface area (Å²) in [6.45, 7) is -1.04. The van der Waals surface area contributed by atoms with Crippen LogP contribution in [0, 0.1) is 0 Å². The number of aromatic amines is 1. The van der Waals surface area contributed by atoms with Crippen LogP contribution in [-0.2, 0) is 38.6 Å². The highest BCUT2D eigenvalue weighted by Crippen LogP contribution is 2.65. The standard InChI is InChI=1S/C11H17N4O14P3/c1-14-4-15(9-6(14)10(18)13-3-12-9)11-8(17)7(16)5(27-11)2-26-31(22,23)29-32(24,25)28-30(19,20)21/h3-5,7-8,11,16-17H,2H2,1H3,(H4-,12,13,18,19,20,21,22,23,24,25)/t5-,7-,8-,11-/m1/s1. The number of hydrogen-bond acceptors (Lipinski definition) is 12. The van der Waals surface area contributed by atoms with E-state index in [2.05, 4.69) is 23.1 Å². The van der Waals surface area contributed by atoms with Crippen LogP contribution in [0.3, 0.4) is 0 Å². The Kier molecular flexibility index (Phi) is 6.93. The lowest BCUT2D eigenvalue weighted by Gasteiger charge is -2.26. The van der Waals surface area contributed by atoms with E-state index in [4.69, 9.17) is 19.4 Å². The molecule has 0 spiro atoms. The van der Waals surface area contributed by atoms with E-state index in [1.54, 1.807) is 0 Å². The normalized spacial score (nSPS) is 28.0. The lowest BCUT2D eigenvalue weighted by molar-refractivity contribution is -0.745. The van der Waals surface area contributed by atoms with Gasteiger partial charge >= 0.3 is 21.3 Å². The van der Waals surface area contributed by atoms with Crippen molar-refractivity contribution in [1.29, 1.82) is 0 Å². The summed E-state index contributed by atoms with van der Waals surface area (Å²) in [7, 11) is -15.6. The van der Waals surface area contributed by atoms with Crippen LogP contribution in [0.25, 0.3) is 11.2 Å². The van der Waals surface area contributed by atoms with E-state index in [1.807, 2.05) is 0 Å². The molecule has 0 aromatic carbocycles. The molecule has 32 heavy (non-hydrogen) atoms. The number of phosphoric acid groups is 3. The van der Waals surface area contributed by atoms with Gasteiger partial charge in [-0.15, -0.1) is 0 Å². The van der Waals surface area contributed by atoms with Gasteiger partial charge in [0.1, 0.15) is 18.3 Å². The Morgan fingerprint density at radius 2 is 1.91 bits per heavy atom. The van der Waals surface area contributed by atoms with Crippen molar-refractivity contribution in [3.8, 4) is 0 Å². The number of H-pyrrole nitrogens is 1. The highest BCUT2D eigenvalue weighted by molar-refractivity contribution is 7.66. The Morgan fingerprint density at radius 3 is 2.53 bits per heavy atom. The van der Waals surface area contributed by atoms with Gasteiger partial charge in [-0.3, -0.25) is 18.9 Å². The van der Waals surface area contributed by atoms with Crippen LogP contribution in [0.1, 0.15) is 6.23 Å². The third kappa shape index (κ3) is 5.58. The molecule has 0 radical (unpaired) electrons. The topological polar surface area (TPSA) is 267 Å². The summed E-state index contributed by atoms with van der Waals surface area (Å²) in [5.74, 6) is 0. The fourth-order valence-corrected chi connectivity index (χ4v) is 5.93. The summed E-state index contributed by atoms with van der Waals surface area (Å²) >= 11 is 0. The summed E-state index contributed by atoms with van der Waals surface area (Å²) in [5.41, 5.74) is -0.319. The van der Waals surface area contributed by atoms with Crippen LogP contribution < -0.4 is 15.0 Å². The molecule has 3 rings (SSSR count). The number of fused-ring (bicyclic) bond motifs is 1. The number of nitrogens with zero attached hydrogens (tertiary/aromatic N) is 3. The van der Waals surface area contributed by atoms with Crippen LogP contribution in [0.5, 0.6) is 0 Å². The minimum atomic E-state index is -5.78. The van der Waals surface area contributed by atoms with Gasteiger partial charge < -0.3 is 39.0 Å². The van der Waals surface area contributed by atoms with Crippen LogP contribution in [-0.4, -0.2) is 64.3 Å². The summed E-state index contributed by atoms with van der Waals surface area (Å²) in [6.07, 6.45) is -3.81. The van der Waals surface area contributed by atoms with Crippen molar-refractivity contribution in [1.82, 2.24) is 14.5 Å². The average molecular weight is 522 g/mol. The predicted molar refractivity (Wildman–Crippen MR) is 95.1 cm³/mol. The average Bonchev–Trinajstić information content (AvgIpc) is 3.09. The minimum absolute atomic E-state index is 0.0719. The van der Waals surface area contributed by atoms with Gasteiger partial charge in [-0.25, -0.2) is 18.0 Å². The van der Waals surface area contributed by atoms with Gasteiger partial charge in [-0.2, -0.15) is 4.31 Å². The number of rotatable bonds is 8. The molecule has 0 aliphatic carbocycles. The lowest BCUT2D eigenvalue weighted by atomic mass is 10.1. The first-order chi connectivity index (χ1) is 14.6. The first-order valence-corrected chi connectivity index (χ1v) is 12.8. The molecule has 3 heterocycles. The van der Waals surface area contributed by atoms with Crippen LogP contribution >= 0.6 is 23.5 Å². The van der Waals surface area contributed by atoms with E-state index < -0.39 is 60.2 Å². The number of imidazole rings is 1. The summed E-state index contributed by atoms with van der Waals surface area (Å²) < 4.78 is 52.9. The maximum atomic E-state index is 12.0. The second-order valence-corrected chi connectivity index (χ2v) is 10.8. The zero-order chi connectivity index (χ0) is 24.1. The molecule has 1 fully saturated rings. The molecule has 1 aliphatic heterocycles. The molecule has 6 atom stereocenters. The molecule has 2 aromatic rings. The quantitative estimate of drug-likeness (QED) is 0.148. The molecule has 180 valence electrons. The molecule has 21 heteroatoms. The third-order valence-electron chi connectivity index (χ3n) is 4.13. The number of phosphoric ester groups is 1. The number of nitrogens with one attached hydrogen (secondary N) is 1. The highest BCUT2D eigenvalue weighted by Gasteiger charge is 2.47. The molecule has 1 saturated heterocycles. The van der Waals surface area contributed by atoms with Crippen molar-refractivity contribution in [3.05, 3.63) is 23.0 Å². The van der Waals surface area contributed by atoms with E-state index in [0.29, 0.717) is 0 Å². The second-order valence-electron chi connectivity index (χ2n) is 6.45. The number of hydrogen-bond donors (Lipinski definition) is 6. The number of ether oxygens (including phenoxy) is 1. The zero-order valence-corrected chi connectivity index (χ0v) is 18.4. The van der Waals surface area contributed by atoms with Crippen molar-refractivity contribution in [2.75, 3.05) is 6.61 Å². The SMILES string of the molecule is Cn1c[n+]([C@@H]2O[C@H](COP(=O)([O-])OP(=O)(O)OP(=O)(O)O)[C@@H](O)[C@H]2O)c2nc[nH]c(=O)c21. The molecule has 2 aromatic heterocycles. The van der Waals surface area contributed by atoms with Crippen molar-refractivity contribution < 1.29 is 65.9 Å². The van der Waals surface area contributed by atoms with Crippen molar-refractivity contribution in [2.45, 2.75) is 24.5 Å². The fraction of sp³-hybridized carbons (Fsp3) is 0.545. The Morgan fingerprint density at radius 1 is 1.25 bits per heavy atom. The van der Waals surface area contributed by atoms with Crippen LogP contribution in [0.2, 0.25) is 0 Å². The van der Waals surface area contributed by atoms with Gasteiger partial charge in [0, 0.05) is 0 Å². The number of aliphatic hydroxyl groups excluding tert-OH is 2. The van der Waals surface area contributed by atoms with E-state index in [0.717, 1.165) is 6.33 Å². The van der Waals surface area contributed by atoms with E-state index in [-0.39, 0.29) is 11.2 Å². The van der Waals surface area contributed by atoms with Crippen LogP contribution in [0.4, 0.5) is 0 Å². The largest absolute Gasteiger partial charge is 0.756 e. The molecule has 0 saturated carbocycles. The van der Waals surface area contributed by atoms with Gasteiger partial charge in [0.25, 0.3) is 13.4 Å². The number of aliphatic hydroxyl groups is 2. The Hall–Kier alpha value is -1.36. The Bertz CT molecular complexity index is 1210. The van der Waals surface area contributed by atoms with Crippen molar-refractivity contribution in [2.24, 2.45) is 7.05 Å². The molecule has 0 bridgehead atoms. The molecule has 6 N–H and O–H groups in total. The maximum Gasteiger partial charge on any atom is 0.487 e. The van der Waals surface area contributed by atoms with Gasteiger partial charge in [-0.1, -0.05) is 4.98 Å². The van der Waals surface area contributed by atoms with Gasteiger partial charge in [0.05, 0.1) is 13.7 Å². The number of aromatic nitrogens is 4. The first-order valence-electron chi connectivity index (χ1n) is 8.32. The first kappa shape index (κ1) is 25.3. The molecule has 18 nitrogen and oxygen atoms in total. The van der Waals surface area contributed by atoms with E-state index in [1.165, 1.54) is 22.5 Å². The highest BCUT2D eigenvalue weighted by atomic mass is 31.3. The van der Waals surface area contributed by atoms with E-state index >= 15 is 0 Å². The summed E-state index contributed by atoms with van der Waals surface area (Å²) in [6, 6.07) is 0. The van der Waals surface area contributed by atoms with Crippen LogP contribution in [0.15, 0.2) is 17.4 Å². The van der Waals surface area contributed by atoms with Crippen molar-refractivity contribution in [3.63, 3.8) is 0 Å². The lowest BCUT2D eigenvalue weighted by Crippen LogP contribution is -2.46. The second kappa shape index (κ2) is 8.77. The van der Waals surface area contributed by atoms with Gasteiger partial charge in [0.2, 0.25) is 11.7 Å². The Balaban J connectivity index is 1.73. The smallest absolute Gasteiger partial charge is 0.487 e. The monoisotopic (exact) mass is 522 g/mol. The summed E-state index contributed by atoms with van der Waals surface area (Å²) in [5, 5.41) is 20.5. The molecular formula is C11H17N4O14P3. The van der Waals surface area contributed by atoms with E-state index in [9.17, 15) is 33.6 Å². The maximum absolute atomic E-state index is 12.0. The van der Waals surface area contributed by atoms with Crippen molar-refractivity contribution >= 4 is 34.6 Å². The van der Waals surface area contributed by atoms with Gasteiger partial charge in [-0.05, 0) is 0 Å². The zero-order valence-electron chi connectivity index (χ0n) is 15.8. The third-order valence-corrected chi connectivity index (χ3v) is 7.89. The predicted octanol–water partition coefficient (Wildman–Crippen LogP) is -3.12. The Labute approximate surface area is 177 Å². The fourth-order valence-electron chi connectivity index (χ4n) is 2.94. The molecule has 2 unspecified atom stereocenters. The van der Waals surface area contributed by atoms with Gasteiger partial charge in [0.15, 0.2) is 12.7 Å². The molecular weight excluding hydrogens is 505 g/mol. The summed E-state index contributed by atoms with van der Waals surface area (Å²) in [4.78, 5) is 56.1. The molecule has 1 aliphatic rings. The molecule has 0 amide bonds. The number of aryl methyl sites for hydroxylation is 1.